The molecule has 1 aromatic carbocycles. The standard InChI is InChI=1S/C15H13ClF6N2O3/c16-9-1-2-11(27-7-15(20,21)22)10(4-9)23-13(26)8-3-12(25)24(5-8)6-14(17,18)19/h1-2,4,8H,3,5-7H2,(H,23,26). The molecule has 1 fully saturated rings. The first kappa shape index (κ1) is 21.1. The molecule has 1 atom stereocenters. The van der Waals surface area contributed by atoms with Gasteiger partial charge in [-0.05, 0) is 18.2 Å². The molecule has 0 aliphatic carbocycles. The monoisotopic (exact) mass is 418 g/mol. The average Bonchev–Trinajstić information content (AvgIpc) is 2.85. The molecule has 5 nitrogen and oxygen atoms in total. The molecule has 27 heavy (non-hydrogen) atoms. The third-order valence-corrected chi connectivity index (χ3v) is 3.78. The highest BCUT2D eigenvalue weighted by molar-refractivity contribution is 6.31. The maximum Gasteiger partial charge on any atom is 0.422 e. The van der Waals surface area contributed by atoms with E-state index in [-0.39, 0.29) is 16.5 Å². The van der Waals surface area contributed by atoms with Crippen LogP contribution in [-0.2, 0) is 9.59 Å². The minimum Gasteiger partial charge on any atom is -0.482 e. The topological polar surface area (TPSA) is 58.6 Å². The zero-order valence-corrected chi connectivity index (χ0v) is 14.2. The van der Waals surface area contributed by atoms with Gasteiger partial charge in [0, 0.05) is 18.0 Å². The molecule has 1 unspecified atom stereocenters. The number of hydrogen-bond donors (Lipinski definition) is 1. The lowest BCUT2D eigenvalue weighted by atomic mass is 10.1. The third-order valence-electron chi connectivity index (χ3n) is 3.55. The fourth-order valence-corrected chi connectivity index (χ4v) is 2.61. The molecule has 0 spiro atoms. The quantitative estimate of drug-likeness (QED) is 0.743. The molecule has 1 saturated heterocycles. The van der Waals surface area contributed by atoms with Crippen LogP contribution in [0.1, 0.15) is 6.42 Å². The molecule has 0 radical (unpaired) electrons. The van der Waals surface area contributed by atoms with Crippen molar-refractivity contribution in [3.63, 3.8) is 0 Å². The van der Waals surface area contributed by atoms with Gasteiger partial charge in [-0.15, -0.1) is 0 Å². The van der Waals surface area contributed by atoms with Crippen LogP contribution in [0.25, 0.3) is 0 Å². The van der Waals surface area contributed by atoms with E-state index >= 15 is 0 Å². The lowest BCUT2D eigenvalue weighted by Crippen LogP contribution is -2.36. The second-order valence-electron chi connectivity index (χ2n) is 5.82. The van der Waals surface area contributed by atoms with Crippen LogP contribution in [0.15, 0.2) is 18.2 Å². The number of nitrogens with zero attached hydrogens (tertiary/aromatic N) is 1. The SMILES string of the molecule is O=C(Nc1cc(Cl)ccc1OCC(F)(F)F)C1CC(=O)N(CC(F)(F)F)C1. The van der Waals surface area contributed by atoms with E-state index in [1.807, 2.05) is 0 Å². The first-order chi connectivity index (χ1) is 12.3. The summed E-state index contributed by atoms with van der Waals surface area (Å²) in [5.74, 6) is -3.07. The zero-order chi connectivity index (χ0) is 20.4. The molecule has 0 bridgehead atoms. The second kappa shape index (κ2) is 7.83. The first-order valence-corrected chi connectivity index (χ1v) is 7.86. The Kier molecular flexibility index (Phi) is 6.13. The van der Waals surface area contributed by atoms with Crippen molar-refractivity contribution in [1.29, 1.82) is 0 Å². The summed E-state index contributed by atoms with van der Waals surface area (Å²) in [6, 6.07) is 3.49. The third kappa shape index (κ3) is 6.49. The number of likely N-dealkylation sites (tertiary alicyclic amines) is 1. The Morgan fingerprint density at radius 2 is 1.89 bits per heavy atom. The Morgan fingerprint density at radius 3 is 2.48 bits per heavy atom. The molecule has 1 heterocycles. The van der Waals surface area contributed by atoms with Crippen molar-refractivity contribution in [2.75, 3.05) is 25.0 Å². The molecule has 2 amide bonds. The van der Waals surface area contributed by atoms with Crippen LogP contribution in [0.4, 0.5) is 32.0 Å². The fourth-order valence-electron chi connectivity index (χ4n) is 2.44. The van der Waals surface area contributed by atoms with Crippen molar-refractivity contribution in [2.24, 2.45) is 5.92 Å². The number of nitrogens with one attached hydrogen (secondary N) is 1. The van der Waals surface area contributed by atoms with Crippen molar-refractivity contribution in [1.82, 2.24) is 4.90 Å². The number of amides is 2. The van der Waals surface area contributed by atoms with E-state index in [0.717, 1.165) is 12.1 Å². The normalized spacial score (nSPS) is 18.0. The average molecular weight is 419 g/mol. The molecule has 0 aromatic heterocycles. The van der Waals surface area contributed by atoms with Gasteiger partial charge in [0.25, 0.3) is 0 Å². The van der Waals surface area contributed by atoms with Crippen LogP contribution >= 0.6 is 11.6 Å². The van der Waals surface area contributed by atoms with Crippen molar-refractivity contribution in [2.45, 2.75) is 18.8 Å². The van der Waals surface area contributed by atoms with Crippen molar-refractivity contribution in [3.8, 4) is 5.75 Å². The molecule has 1 N–H and O–H groups in total. The van der Waals surface area contributed by atoms with Gasteiger partial charge in [-0.25, -0.2) is 0 Å². The molecular weight excluding hydrogens is 406 g/mol. The van der Waals surface area contributed by atoms with Gasteiger partial charge in [0.2, 0.25) is 11.8 Å². The first-order valence-electron chi connectivity index (χ1n) is 7.48. The van der Waals surface area contributed by atoms with Crippen molar-refractivity contribution < 1.29 is 40.7 Å². The number of ether oxygens (including phenoxy) is 1. The van der Waals surface area contributed by atoms with Crippen LogP contribution < -0.4 is 10.1 Å². The highest BCUT2D eigenvalue weighted by Crippen LogP contribution is 2.31. The Bertz CT molecular complexity index is 722. The Labute approximate surface area is 154 Å². The van der Waals surface area contributed by atoms with E-state index in [9.17, 15) is 35.9 Å². The highest BCUT2D eigenvalue weighted by Gasteiger charge is 2.40. The maximum atomic E-state index is 12.4. The van der Waals surface area contributed by atoms with Crippen molar-refractivity contribution >= 4 is 29.1 Å². The smallest absolute Gasteiger partial charge is 0.422 e. The highest BCUT2D eigenvalue weighted by atomic mass is 35.5. The summed E-state index contributed by atoms with van der Waals surface area (Å²) >= 11 is 5.75. The number of benzene rings is 1. The van der Waals surface area contributed by atoms with Crippen LogP contribution in [0.2, 0.25) is 5.02 Å². The van der Waals surface area contributed by atoms with Crippen LogP contribution in [0, 0.1) is 5.92 Å². The van der Waals surface area contributed by atoms with Gasteiger partial charge in [0.15, 0.2) is 6.61 Å². The Balaban J connectivity index is 2.07. The fraction of sp³-hybridized carbons (Fsp3) is 0.467. The summed E-state index contributed by atoms with van der Waals surface area (Å²) < 4.78 is 78.8. The predicted octanol–water partition coefficient (Wildman–Crippen LogP) is 3.63. The number of anilines is 1. The van der Waals surface area contributed by atoms with Crippen LogP contribution in [-0.4, -0.2) is 48.8 Å². The molecular formula is C15H13ClF6N2O3. The van der Waals surface area contributed by atoms with Crippen LogP contribution in [0.3, 0.4) is 0 Å². The van der Waals surface area contributed by atoms with Crippen LogP contribution in [0.5, 0.6) is 5.75 Å². The van der Waals surface area contributed by atoms with E-state index < -0.39 is 56.2 Å². The summed E-state index contributed by atoms with van der Waals surface area (Å²) in [7, 11) is 0. The predicted molar refractivity (Wildman–Crippen MR) is 82.4 cm³/mol. The molecule has 1 aromatic rings. The number of alkyl halides is 6. The number of carbonyl (C=O) groups is 2. The van der Waals surface area contributed by atoms with E-state index in [1.54, 1.807) is 0 Å². The Hall–Kier alpha value is -2.17. The minimum atomic E-state index is -4.61. The molecule has 2 rings (SSSR count). The van der Waals surface area contributed by atoms with Gasteiger partial charge < -0.3 is 15.0 Å². The van der Waals surface area contributed by atoms with E-state index in [1.165, 1.54) is 6.07 Å². The molecule has 150 valence electrons. The number of rotatable bonds is 5. The van der Waals surface area contributed by atoms with Crippen molar-refractivity contribution in [3.05, 3.63) is 23.2 Å². The largest absolute Gasteiger partial charge is 0.482 e. The molecule has 1 aliphatic rings. The molecule has 0 saturated carbocycles. The summed E-state index contributed by atoms with van der Waals surface area (Å²) in [5, 5.41) is 2.35. The Morgan fingerprint density at radius 1 is 1.22 bits per heavy atom. The van der Waals surface area contributed by atoms with Gasteiger partial charge >= 0.3 is 12.4 Å². The number of carbonyl (C=O) groups excluding carboxylic acids is 2. The van der Waals surface area contributed by atoms with E-state index in [0.29, 0.717) is 4.90 Å². The lowest BCUT2D eigenvalue weighted by molar-refractivity contribution is -0.157. The molecule has 12 heteroatoms. The summed E-state index contributed by atoms with van der Waals surface area (Å²) in [4.78, 5) is 24.4. The molecule has 1 aliphatic heterocycles. The van der Waals surface area contributed by atoms with E-state index in [4.69, 9.17) is 11.6 Å². The maximum absolute atomic E-state index is 12.4. The zero-order valence-electron chi connectivity index (χ0n) is 13.5. The van der Waals surface area contributed by atoms with Gasteiger partial charge in [-0.1, -0.05) is 11.6 Å². The number of halogens is 7. The summed E-state index contributed by atoms with van der Waals surface area (Å²) in [6.07, 6.45) is -9.66. The van der Waals surface area contributed by atoms with Gasteiger partial charge in [-0.2, -0.15) is 26.3 Å². The lowest BCUT2D eigenvalue weighted by Gasteiger charge is -2.19. The van der Waals surface area contributed by atoms with Gasteiger partial charge in [0.05, 0.1) is 11.6 Å². The summed E-state index contributed by atoms with van der Waals surface area (Å²) in [6.45, 7) is -3.55. The van der Waals surface area contributed by atoms with E-state index in [2.05, 4.69) is 10.1 Å². The second-order valence-corrected chi connectivity index (χ2v) is 6.26. The number of hydrogen-bond acceptors (Lipinski definition) is 3. The summed E-state index contributed by atoms with van der Waals surface area (Å²) in [5.41, 5.74) is -0.182. The van der Waals surface area contributed by atoms with Gasteiger partial charge in [0.1, 0.15) is 12.3 Å². The minimum absolute atomic E-state index is 0.0888. The van der Waals surface area contributed by atoms with Gasteiger partial charge in [-0.3, -0.25) is 9.59 Å².